The van der Waals surface area contributed by atoms with Crippen molar-refractivity contribution >= 4 is 0 Å². The Balaban J connectivity index is 1.99. The highest BCUT2D eigenvalue weighted by Gasteiger charge is 2.48. The Morgan fingerprint density at radius 1 is 1.32 bits per heavy atom. The van der Waals surface area contributed by atoms with Crippen molar-refractivity contribution in [3.8, 4) is 5.75 Å². The molecular formula is C16H23NO2. The zero-order chi connectivity index (χ0) is 13.5. The number of hydrogen-bond acceptors (Lipinski definition) is 3. The van der Waals surface area contributed by atoms with Gasteiger partial charge in [0.25, 0.3) is 0 Å². The number of nitrogens with two attached hydrogens (primary N) is 1. The first kappa shape index (κ1) is 12.9. The Hall–Kier alpha value is -1.06. The molecule has 1 fully saturated rings. The van der Waals surface area contributed by atoms with Gasteiger partial charge in [-0.15, -0.1) is 0 Å². The summed E-state index contributed by atoms with van der Waals surface area (Å²) in [6, 6.07) is 5.81. The smallest absolute Gasteiger partial charge is 0.127 e. The van der Waals surface area contributed by atoms with Crippen molar-refractivity contribution in [1.29, 1.82) is 0 Å². The molecule has 3 rings (SSSR count). The third kappa shape index (κ3) is 2.05. The molecule has 19 heavy (non-hydrogen) atoms. The van der Waals surface area contributed by atoms with Crippen molar-refractivity contribution in [1.82, 2.24) is 0 Å². The van der Waals surface area contributed by atoms with Gasteiger partial charge in [-0.3, -0.25) is 0 Å². The number of benzene rings is 1. The number of ether oxygens (including phenoxy) is 1. The number of aryl methyl sites for hydroxylation is 1. The van der Waals surface area contributed by atoms with Crippen LogP contribution in [0, 0.1) is 0 Å². The van der Waals surface area contributed by atoms with Gasteiger partial charge in [0, 0.05) is 5.56 Å². The number of aliphatic hydroxyl groups is 1. The van der Waals surface area contributed by atoms with Crippen molar-refractivity contribution in [3.63, 3.8) is 0 Å². The van der Waals surface area contributed by atoms with Crippen LogP contribution < -0.4 is 10.5 Å². The van der Waals surface area contributed by atoms with Crippen LogP contribution in [0.5, 0.6) is 5.75 Å². The lowest BCUT2D eigenvalue weighted by atomic mass is 9.74. The molecule has 1 spiro atoms. The van der Waals surface area contributed by atoms with Crippen molar-refractivity contribution in [3.05, 3.63) is 29.3 Å². The number of aliphatic hydroxyl groups excluding tert-OH is 1. The second-order valence-corrected chi connectivity index (χ2v) is 5.92. The van der Waals surface area contributed by atoms with E-state index in [0.717, 1.165) is 43.4 Å². The zero-order valence-electron chi connectivity index (χ0n) is 11.6. The molecule has 3 N–H and O–H groups in total. The fraction of sp³-hybridized carbons (Fsp3) is 0.625. The lowest BCUT2D eigenvalue weighted by molar-refractivity contribution is -0.0582. The summed E-state index contributed by atoms with van der Waals surface area (Å²) in [5.41, 5.74) is 8.05. The maximum atomic E-state index is 10.6. The molecule has 2 aliphatic rings. The summed E-state index contributed by atoms with van der Waals surface area (Å²) in [4.78, 5) is 0. The first-order chi connectivity index (χ1) is 9.16. The molecule has 0 saturated heterocycles. The van der Waals surface area contributed by atoms with E-state index in [0.29, 0.717) is 0 Å². The second kappa shape index (κ2) is 4.80. The molecule has 104 valence electrons. The van der Waals surface area contributed by atoms with Crippen molar-refractivity contribution < 1.29 is 9.84 Å². The lowest BCUT2D eigenvalue weighted by Crippen LogP contribution is -2.58. The summed E-state index contributed by atoms with van der Waals surface area (Å²) < 4.78 is 6.26. The monoisotopic (exact) mass is 261 g/mol. The predicted octanol–water partition coefficient (Wildman–Crippen LogP) is 2.71. The van der Waals surface area contributed by atoms with Gasteiger partial charge in [-0.2, -0.15) is 0 Å². The highest BCUT2D eigenvalue weighted by atomic mass is 16.5. The Labute approximate surface area is 114 Å². The minimum atomic E-state index is -0.603. The highest BCUT2D eigenvalue weighted by Crippen LogP contribution is 2.45. The van der Waals surface area contributed by atoms with Crippen LogP contribution in [-0.2, 0) is 6.42 Å². The minimum absolute atomic E-state index is 0.313. The first-order valence-electron chi connectivity index (χ1n) is 7.42. The van der Waals surface area contributed by atoms with Gasteiger partial charge < -0.3 is 15.6 Å². The molecule has 2 unspecified atom stereocenters. The molecule has 1 heterocycles. The van der Waals surface area contributed by atoms with Crippen molar-refractivity contribution in [2.75, 3.05) is 0 Å². The molecule has 1 saturated carbocycles. The minimum Gasteiger partial charge on any atom is -0.485 e. The maximum absolute atomic E-state index is 10.6. The summed E-state index contributed by atoms with van der Waals surface area (Å²) >= 11 is 0. The molecule has 0 aromatic heterocycles. The van der Waals surface area contributed by atoms with E-state index >= 15 is 0 Å². The van der Waals surface area contributed by atoms with Gasteiger partial charge in [-0.1, -0.05) is 19.4 Å². The largest absolute Gasteiger partial charge is 0.485 e. The molecule has 3 nitrogen and oxygen atoms in total. The normalized spacial score (nSPS) is 28.8. The Morgan fingerprint density at radius 3 is 2.74 bits per heavy atom. The van der Waals surface area contributed by atoms with E-state index in [1.165, 1.54) is 12.0 Å². The first-order valence-corrected chi connectivity index (χ1v) is 7.42. The third-order valence-corrected chi connectivity index (χ3v) is 4.76. The molecule has 0 radical (unpaired) electrons. The fourth-order valence-corrected chi connectivity index (χ4v) is 3.50. The summed E-state index contributed by atoms with van der Waals surface area (Å²) in [7, 11) is 0. The van der Waals surface area contributed by atoms with Crippen LogP contribution in [0.25, 0.3) is 0 Å². The molecule has 2 atom stereocenters. The van der Waals surface area contributed by atoms with Gasteiger partial charge in [-0.25, -0.2) is 0 Å². The Morgan fingerprint density at radius 2 is 2.05 bits per heavy atom. The zero-order valence-corrected chi connectivity index (χ0v) is 11.6. The fourth-order valence-electron chi connectivity index (χ4n) is 3.50. The van der Waals surface area contributed by atoms with E-state index in [-0.39, 0.29) is 11.6 Å². The van der Waals surface area contributed by atoms with Gasteiger partial charge in [0.15, 0.2) is 0 Å². The van der Waals surface area contributed by atoms with Crippen molar-refractivity contribution in [2.24, 2.45) is 5.73 Å². The van der Waals surface area contributed by atoms with Crippen LogP contribution >= 0.6 is 0 Å². The van der Waals surface area contributed by atoms with E-state index in [1.807, 2.05) is 12.1 Å². The van der Waals surface area contributed by atoms with Crippen molar-refractivity contribution in [2.45, 2.75) is 63.2 Å². The second-order valence-electron chi connectivity index (χ2n) is 5.92. The maximum Gasteiger partial charge on any atom is 0.127 e. The standard InChI is InChI=1S/C16H23NO2/c1-2-11-6-7-13-12(10-11)14(18)15(17)16(19-13)8-4-3-5-9-16/h6-7,10,14-15,18H,2-5,8-9,17H2,1H3. The third-order valence-electron chi connectivity index (χ3n) is 4.76. The molecule has 1 aromatic rings. The number of fused-ring (bicyclic) bond motifs is 1. The van der Waals surface area contributed by atoms with E-state index in [4.69, 9.17) is 10.5 Å². The molecule has 1 aliphatic heterocycles. The Bertz CT molecular complexity index is 466. The van der Waals surface area contributed by atoms with Gasteiger partial charge in [0.1, 0.15) is 17.5 Å². The molecule has 0 amide bonds. The van der Waals surface area contributed by atoms with E-state index in [1.54, 1.807) is 0 Å². The van der Waals surface area contributed by atoms with E-state index < -0.39 is 6.10 Å². The highest BCUT2D eigenvalue weighted by molar-refractivity contribution is 5.42. The molecule has 1 aromatic carbocycles. The average molecular weight is 261 g/mol. The molecule has 1 aliphatic carbocycles. The summed E-state index contributed by atoms with van der Waals surface area (Å²) in [5.74, 6) is 0.827. The average Bonchev–Trinajstić information content (AvgIpc) is 2.46. The lowest BCUT2D eigenvalue weighted by Gasteiger charge is -2.47. The molecular weight excluding hydrogens is 238 g/mol. The topological polar surface area (TPSA) is 55.5 Å². The van der Waals surface area contributed by atoms with Gasteiger partial charge in [0.05, 0.1) is 6.04 Å². The molecule has 3 heteroatoms. The van der Waals surface area contributed by atoms with Crippen LogP contribution in [-0.4, -0.2) is 16.7 Å². The van der Waals surface area contributed by atoms with E-state index in [9.17, 15) is 5.11 Å². The summed E-state index contributed by atoms with van der Waals surface area (Å²) in [5, 5.41) is 10.6. The van der Waals surface area contributed by atoms with Crippen LogP contribution in [0.15, 0.2) is 18.2 Å². The van der Waals surface area contributed by atoms with Gasteiger partial charge in [-0.05, 0) is 49.8 Å². The summed E-state index contributed by atoms with van der Waals surface area (Å²) in [6.45, 7) is 2.11. The molecule has 0 bridgehead atoms. The van der Waals surface area contributed by atoms with Gasteiger partial charge >= 0.3 is 0 Å². The Kier molecular flexibility index (Phi) is 3.27. The van der Waals surface area contributed by atoms with Crippen LogP contribution in [0.2, 0.25) is 0 Å². The van der Waals surface area contributed by atoms with E-state index in [2.05, 4.69) is 13.0 Å². The van der Waals surface area contributed by atoms with Crippen LogP contribution in [0.4, 0.5) is 0 Å². The number of rotatable bonds is 1. The van der Waals surface area contributed by atoms with Crippen LogP contribution in [0.3, 0.4) is 0 Å². The number of hydrogen-bond donors (Lipinski definition) is 2. The predicted molar refractivity (Wildman–Crippen MR) is 75.2 cm³/mol. The van der Waals surface area contributed by atoms with Crippen LogP contribution in [0.1, 0.15) is 56.3 Å². The van der Waals surface area contributed by atoms with Gasteiger partial charge in [0.2, 0.25) is 0 Å². The quantitative estimate of drug-likeness (QED) is 0.817. The SMILES string of the molecule is CCc1ccc2c(c1)C(O)C(N)C1(CCCCC1)O2. The summed E-state index contributed by atoms with van der Waals surface area (Å²) in [6.07, 6.45) is 5.80.